The quantitative estimate of drug-likeness (QED) is 0.728. The number of hydrogen-bond acceptors (Lipinski definition) is 2. The van der Waals surface area contributed by atoms with Gasteiger partial charge in [-0.25, -0.2) is 0 Å². The van der Waals surface area contributed by atoms with E-state index in [2.05, 4.69) is 26.8 Å². The van der Waals surface area contributed by atoms with E-state index >= 15 is 0 Å². The van der Waals surface area contributed by atoms with Crippen LogP contribution < -0.4 is 5.73 Å². The van der Waals surface area contributed by atoms with Crippen molar-refractivity contribution in [1.29, 1.82) is 0 Å². The smallest absolute Gasteiger partial charge is 0.224 e. The van der Waals surface area contributed by atoms with Gasteiger partial charge in [0.25, 0.3) is 0 Å². The summed E-state index contributed by atoms with van der Waals surface area (Å²) >= 11 is 0. The number of carbonyl (C=O) groups excluding carboxylic acids is 1. The van der Waals surface area contributed by atoms with Crippen LogP contribution in [-0.4, -0.2) is 29.9 Å². The second kappa shape index (κ2) is 5.00. The summed E-state index contributed by atoms with van der Waals surface area (Å²) in [5.74, 6) is 0.180. The Labute approximate surface area is 98.7 Å². The molecule has 0 radical (unpaired) electrons. The predicted octanol–water partition coefficient (Wildman–Crippen LogP) is 1.93. The molecule has 1 rings (SSSR count). The van der Waals surface area contributed by atoms with Gasteiger partial charge in [0.15, 0.2) is 0 Å². The van der Waals surface area contributed by atoms with Crippen molar-refractivity contribution >= 4 is 5.91 Å². The van der Waals surface area contributed by atoms with Crippen molar-refractivity contribution < 1.29 is 4.79 Å². The maximum absolute atomic E-state index is 11.8. The van der Waals surface area contributed by atoms with Crippen LogP contribution >= 0.6 is 0 Å². The Morgan fingerprint density at radius 1 is 1.56 bits per heavy atom. The Bertz CT molecular complexity index is 287. The van der Waals surface area contributed by atoms with E-state index in [-0.39, 0.29) is 17.4 Å². The number of rotatable bonds is 2. The first-order valence-corrected chi connectivity index (χ1v) is 6.03. The predicted molar refractivity (Wildman–Crippen MR) is 67.0 cm³/mol. The molecule has 0 spiro atoms. The molecule has 0 bridgehead atoms. The lowest BCUT2D eigenvalue weighted by atomic mass is 9.83. The summed E-state index contributed by atoms with van der Waals surface area (Å²) in [6, 6.07) is -0.0412. The Kier molecular flexibility index (Phi) is 4.14. The molecule has 1 unspecified atom stereocenters. The van der Waals surface area contributed by atoms with Gasteiger partial charge in [-0.3, -0.25) is 4.79 Å². The van der Waals surface area contributed by atoms with Crippen LogP contribution in [0.4, 0.5) is 0 Å². The molecular weight excluding hydrogens is 200 g/mol. The third-order valence-corrected chi connectivity index (χ3v) is 3.02. The van der Waals surface area contributed by atoms with Gasteiger partial charge in [-0.1, -0.05) is 32.4 Å². The van der Waals surface area contributed by atoms with Crippen LogP contribution in [0.3, 0.4) is 0 Å². The van der Waals surface area contributed by atoms with Gasteiger partial charge < -0.3 is 10.6 Å². The van der Waals surface area contributed by atoms with Gasteiger partial charge in [-0.15, -0.1) is 0 Å². The zero-order chi connectivity index (χ0) is 12.3. The standard InChI is InChI=1S/C13H24N2O/c1-10(14)9-12(16)15-7-5-11(6-8-15)13(2,3)4/h5,10H,6-9,14H2,1-4H3. The van der Waals surface area contributed by atoms with E-state index in [1.165, 1.54) is 5.57 Å². The molecule has 3 heteroatoms. The fourth-order valence-corrected chi connectivity index (χ4v) is 1.98. The number of nitrogens with two attached hydrogens (primary N) is 1. The summed E-state index contributed by atoms with van der Waals surface area (Å²) in [5.41, 5.74) is 7.32. The molecule has 0 fully saturated rings. The first kappa shape index (κ1) is 13.2. The highest BCUT2D eigenvalue weighted by Crippen LogP contribution is 2.30. The van der Waals surface area contributed by atoms with Crippen molar-refractivity contribution in [2.24, 2.45) is 11.1 Å². The highest BCUT2D eigenvalue weighted by Gasteiger charge is 2.23. The number of carbonyl (C=O) groups is 1. The monoisotopic (exact) mass is 224 g/mol. The van der Waals surface area contributed by atoms with E-state index in [9.17, 15) is 4.79 Å². The average molecular weight is 224 g/mol. The molecule has 92 valence electrons. The van der Waals surface area contributed by atoms with Gasteiger partial charge in [0.2, 0.25) is 5.91 Å². The van der Waals surface area contributed by atoms with Crippen LogP contribution in [0, 0.1) is 5.41 Å². The minimum Gasteiger partial charge on any atom is -0.339 e. The number of nitrogens with zero attached hydrogens (tertiary/aromatic N) is 1. The second-order valence-electron chi connectivity index (χ2n) is 5.75. The Morgan fingerprint density at radius 2 is 2.19 bits per heavy atom. The summed E-state index contributed by atoms with van der Waals surface area (Å²) < 4.78 is 0. The van der Waals surface area contributed by atoms with E-state index in [4.69, 9.17) is 5.73 Å². The maximum Gasteiger partial charge on any atom is 0.224 e. The summed E-state index contributed by atoms with van der Waals surface area (Å²) in [5, 5.41) is 0. The van der Waals surface area contributed by atoms with Gasteiger partial charge in [0.1, 0.15) is 0 Å². The van der Waals surface area contributed by atoms with Crippen LogP contribution in [0.25, 0.3) is 0 Å². The van der Waals surface area contributed by atoms with Crippen LogP contribution in [0.1, 0.15) is 40.5 Å². The average Bonchev–Trinajstić information content (AvgIpc) is 2.15. The molecule has 2 N–H and O–H groups in total. The normalized spacial score (nSPS) is 19.3. The zero-order valence-corrected chi connectivity index (χ0v) is 10.9. The number of amides is 1. The molecule has 1 atom stereocenters. The van der Waals surface area contributed by atoms with Gasteiger partial charge in [0.05, 0.1) is 0 Å². The lowest BCUT2D eigenvalue weighted by Gasteiger charge is -2.32. The first-order chi connectivity index (χ1) is 7.30. The maximum atomic E-state index is 11.8. The Hall–Kier alpha value is -0.830. The summed E-state index contributed by atoms with van der Waals surface area (Å²) in [7, 11) is 0. The highest BCUT2D eigenvalue weighted by molar-refractivity contribution is 5.77. The lowest BCUT2D eigenvalue weighted by Crippen LogP contribution is -2.38. The molecule has 3 nitrogen and oxygen atoms in total. The highest BCUT2D eigenvalue weighted by atomic mass is 16.2. The third kappa shape index (κ3) is 3.63. The minimum atomic E-state index is -0.0412. The van der Waals surface area contributed by atoms with Crippen molar-refractivity contribution in [2.75, 3.05) is 13.1 Å². The fraction of sp³-hybridized carbons (Fsp3) is 0.769. The molecule has 1 amide bonds. The van der Waals surface area contributed by atoms with Crippen LogP contribution in [0.5, 0.6) is 0 Å². The molecule has 1 heterocycles. The summed E-state index contributed by atoms with van der Waals surface area (Å²) in [6.45, 7) is 10.1. The van der Waals surface area contributed by atoms with Crippen LogP contribution in [0.2, 0.25) is 0 Å². The van der Waals surface area contributed by atoms with Gasteiger partial charge in [-0.05, 0) is 18.8 Å². The van der Waals surface area contributed by atoms with E-state index in [0.29, 0.717) is 6.42 Å². The van der Waals surface area contributed by atoms with Crippen molar-refractivity contribution in [3.8, 4) is 0 Å². The topological polar surface area (TPSA) is 46.3 Å². The molecule has 0 aromatic carbocycles. The van der Waals surface area contributed by atoms with Crippen molar-refractivity contribution in [1.82, 2.24) is 4.90 Å². The van der Waals surface area contributed by atoms with Crippen LogP contribution in [-0.2, 0) is 4.79 Å². The minimum absolute atomic E-state index is 0.0412. The third-order valence-electron chi connectivity index (χ3n) is 3.02. The molecular formula is C13H24N2O. The van der Waals surface area contributed by atoms with E-state index < -0.39 is 0 Å². The largest absolute Gasteiger partial charge is 0.339 e. The van der Waals surface area contributed by atoms with E-state index in [0.717, 1.165) is 19.5 Å². The van der Waals surface area contributed by atoms with Gasteiger partial charge in [0, 0.05) is 25.6 Å². The van der Waals surface area contributed by atoms with E-state index in [1.807, 2.05) is 11.8 Å². The Morgan fingerprint density at radius 3 is 2.56 bits per heavy atom. The van der Waals surface area contributed by atoms with Crippen LogP contribution in [0.15, 0.2) is 11.6 Å². The summed E-state index contributed by atoms with van der Waals surface area (Å²) in [4.78, 5) is 13.7. The van der Waals surface area contributed by atoms with Crippen molar-refractivity contribution in [3.05, 3.63) is 11.6 Å². The molecule has 0 saturated heterocycles. The van der Waals surface area contributed by atoms with Gasteiger partial charge in [-0.2, -0.15) is 0 Å². The lowest BCUT2D eigenvalue weighted by molar-refractivity contribution is -0.131. The van der Waals surface area contributed by atoms with Crippen molar-refractivity contribution in [3.63, 3.8) is 0 Å². The molecule has 1 aliphatic heterocycles. The van der Waals surface area contributed by atoms with Crippen molar-refractivity contribution in [2.45, 2.75) is 46.6 Å². The molecule has 0 aromatic heterocycles. The molecule has 0 aromatic rings. The molecule has 0 aliphatic carbocycles. The molecule has 16 heavy (non-hydrogen) atoms. The first-order valence-electron chi connectivity index (χ1n) is 6.03. The van der Waals surface area contributed by atoms with E-state index in [1.54, 1.807) is 0 Å². The molecule has 1 aliphatic rings. The number of hydrogen-bond donors (Lipinski definition) is 1. The molecule has 0 saturated carbocycles. The SMILES string of the molecule is CC(N)CC(=O)N1CC=C(C(C)(C)C)CC1. The van der Waals surface area contributed by atoms with Gasteiger partial charge >= 0.3 is 0 Å². The zero-order valence-electron chi connectivity index (χ0n) is 10.9. The summed E-state index contributed by atoms with van der Waals surface area (Å²) in [6.07, 6.45) is 3.65. The second-order valence-corrected chi connectivity index (χ2v) is 5.75. The fourth-order valence-electron chi connectivity index (χ4n) is 1.98. The Balaban J connectivity index is 2.54.